The monoisotopic (exact) mass is 505 g/mol. The quantitative estimate of drug-likeness (QED) is 0.325. The minimum atomic E-state index is -4.49. The maximum Gasteiger partial charge on any atom is 0.417 e. The summed E-state index contributed by atoms with van der Waals surface area (Å²) in [6, 6.07) is 10.2. The van der Waals surface area contributed by atoms with Crippen molar-refractivity contribution in [1.82, 2.24) is 4.98 Å². The minimum Gasteiger partial charge on any atom is -0.478 e. The van der Waals surface area contributed by atoms with Gasteiger partial charge in [0.2, 0.25) is 0 Å². The van der Waals surface area contributed by atoms with Gasteiger partial charge in [-0.15, -0.1) is 11.3 Å². The van der Waals surface area contributed by atoms with E-state index in [2.05, 4.69) is 4.98 Å². The molecule has 0 bridgehead atoms. The van der Waals surface area contributed by atoms with Gasteiger partial charge in [0.15, 0.2) is 11.4 Å². The number of carbonyl (C=O) groups is 2. The van der Waals surface area contributed by atoms with Gasteiger partial charge in [-0.05, 0) is 63.4 Å². The summed E-state index contributed by atoms with van der Waals surface area (Å²) < 4.78 is 45.9. The lowest BCUT2D eigenvalue weighted by molar-refractivity contribution is -0.152. The van der Waals surface area contributed by atoms with Gasteiger partial charge >= 0.3 is 12.1 Å². The number of ether oxygens (including phenoxy) is 1. The SMILES string of the molecule is CCc1nc(-c2ccccc2C(F)(F)F)sc1CCC(=O)c1ccc(OC(C)(C)C(=O)O)c(C)c1. The molecule has 0 saturated heterocycles. The fraction of sp³-hybridized carbons (Fsp3) is 0.346. The van der Waals surface area contributed by atoms with E-state index in [1.54, 1.807) is 31.2 Å². The van der Waals surface area contributed by atoms with Gasteiger partial charge < -0.3 is 9.84 Å². The standard InChI is InChI=1S/C26H26F3NO4S/c1-5-19-22(35-23(30-19)17-8-6-7-9-18(17)26(27,28)29)13-11-20(31)16-10-12-21(15(2)14-16)34-25(3,4)24(32)33/h6-10,12,14H,5,11,13H2,1-4H3,(H,32,33). The average Bonchev–Trinajstić information content (AvgIpc) is 3.21. The molecule has 2 aromatic carbocycles. The highest BCUT2D eigenvalue weighted by Crippen LogP contribution is 2.39. The number of benzene rings is 2. The molecule has 0 fully saturated rings. The fourth-order valence-corrected chi connectivity index (χ4v) is 4.70. The van der Waals surface area contributed by atoms with E-state index in [-0.39, 0.29) is 22.8 Å². The molecular formula is C26H26F3NO4S. The molecule has 3 aromatic rings. The molecule has 0 amide bonds. The summed E-state index contributed by atoms with van der Waals surface area (Å²) in [5.74, 6) is -0.868. The van der Waals surface area contributed by atoms with Crippen LogP contribution < -0.4 is 4.74 Å². The van der Waals surface area contributed by atoms with E-state index in [0.29, 0.717) is 35.4 Å². The summed E-state index contributed by atoms with van der Waals surface area (Å²) >= 11 is 1.18. The summed E-state index contributed by atoms with van der Waals surface area (Å²) in [7, 11) is 0. The van der Waals surface area contributed by atoms with Gasteiger partial charge in [-0.2, -0.15) is 13.2 Å². The van der Waals surface area contributed by atoms with Crippen LogP contribution in [0.2, 0.25) is 0 Å². The van der Waals surface area contributed by atoms with E-state index >= 15 is 0 Å². The maximum absolute atomic E-state index is 13.5. The third-order valence-corrected chi connectivity index (χ3v) is 6.72. The summed E-state index contributed by atoms with van der Waals surface area (Å²) in [5, 5.41) is 9.54. The van der Waals surface area contributed by atoms with Crippen molar-refractivity contribution in [3.8, 4) is 16.3 Å². The van der Waals surface area contributed by atoms with Crippen molar-refractivity contribution in [3.05, 3.63) is 69.7 Å². The second-order valence-corrected chi connectivity index (χ2v) is 9.69. The predicted molar refractivity (Wildman–Crippen MR) is 128 cm³/mol. The molecule has 1 aromatic heterocycles. The number of aryl methyl sites for hydroxylation is 3. The maximum atomic E-state index is 13.5. The van der Waals surface area contributed by atoms with Crippen molar-refractivity contribution >= 4 is 23.1 Å². The molecule has 3 rings (SSSR count). The molecule has 35 heavy (non-hydrogen) atoms. The molecule has 0 unspecified atom stereocenters. The largest absolute Gasteiger partial charge is 0.478 e. The van der Waals surface area contributed by atoms with Crippen LogP contribution in [0.15, 0.2) is 42.5 Å². The van der Waals surface area contributed by atoms with Crippen molar-refractivity contribution in [1.29, 1.82) is 0 Å². The number of hydrogen-bond donors (Lipinski definition) is 1. The molecule has 0 aliphatic rings. The first-order chi connectivity index (χ1) is 16.3. The molecule has 5 nitrogen and oxygen atoms in total. The molecule has 9 heteroatoms. The molecule has 0 spiro atoms. The van der Waals surface area contributed by atoms with Crippen LogP contribution in [-0.4, -0.2) is 27.4 Å². The zero-order valence-corrected chi connectivity index (χ0v) is 20.6. The Bertz CT molecular complexity index is 1250. The number of aliphatic carboxylic acids is 1. The van der Waals surface area contributed by atoms with Crippen molar-refractivity contribution < 1.29 is 32.6 Å². The number of alkyl halides is 3. The molecule has 0 radical (unpaired) electrons. The first-order valence-corrected chi connectivity index (χ1v) is 11.9. The molecule has 0 saturated carbocycles. The van der Waals surface area contributed by atoms with Crippen LogP contribution in [0.4, 0.5) is 13.2 Å². The van der Waals surface area contributed by atoms with Gasteiger partial charge in [-0.1, -0.05) is 25.1 Å². The Morgan fingerprint density at radius 3 is 2.40 bits per heavy atom. The zero-order valence-electron chi connectivity index (χ0n) is 19.8. The number of thiazole rings is 1. The topological polar surface area (TPSA) is 76.5 Å². The van der Waals surface area contributed by atoms with E-state index in [4.69, 9.17) is 4.74 Å². The lowest BCUT2D eigenvalue weighted by Crippen LogP contribution is -2.38. The highest BCUT2D eigenvalue weighted by molar-refractivity contribution is 7.15. The summed E-state index contributed by atoms with van der Waals surface area (Å²) in [4.78, 5) is 29.4. The van der Waals surface area contributed by atoms with Crippen LogP contribution in [0.25, 0.3) is 10.6 Å². The number of rotatable bonds is 9. The average molecular weight is 506 g/mol. The lowest BCUT2D eigenvalue weighted by atomic mass is 10.0. The fourth-order valence-electron chi connectivity index (χ4n) is 3.51. The van der Waals surface area contributed by atoms with Crippen LogP contribution in [0.3, 0.4) is 0 Å². The number of carboxylic acids is 1. The van der Waals surface area contributed by atoms with Gasteiger partial charge in [0, 0.05) is 22.4 Å². The van der Waals surface area contributed by atoms with E-state index < -0.39 is 23.3 Å². The van der Waals surface area contributed by atoms with Crippen LogP contribution in [-0.2, 0) is 23.8 Å². The van der Waals surface area contributed by atoms with Crippen LogP contribution in [0.5, 0.6) is 5.75 Å². The molecular weight excluding hydrogens is 479 g/mol. The number of halogens is 3. The highest BCUT2D eigenvalue weighted by Gasteiger charge is 2.34. The van der Waals surface area contributed by atoms with E-state index in [1.165, 1.54) is 37.3 Å². The van der Waals surface area contributed by atoms with Crippen molar-refractivity contribution in [2.24, 2.45) is 0 Å². The summed E-state index contributed by atoms with van der Waals surface area (Å²) in [6.45, 7) is 6.48. The minimum absolute atomic E-state index is 0.0350. The number of nitrogens with zero attached hydrogens (tertiary/aromatic N) is 1. The third kappa shape index (κ3) is 6.08. The Hall–Kier alpha value is -3.20. The molecule has 0 atom stereocenters. The Morgan fingerprint density at radius 2 is 1.80 bits per heavy atom. The van der Waals surface area contributed by atoms with E-state index in [9.17, 15) is 27.9 Å². The van der Waals surface area contributed by atoms with E-state index in [1.807, 2.05) is 6.92 Å². The second kappa shape index (κ2) is 10.2. The highest BCUT2D eigenvalue weighted by atomic mass is 32.1. The molecule has 1 N–H and O–H groups in total. The van der Waals surface area contributed by atoms with Crippen molar-refractivity contribution in [3.63, 3.8) is 0 Å². The Morgan fingerprint density at radius 1 is 1.11 bits per heavy atom. The van der Waals surface area contributed by atoms with Gasteiger partial charge in [0.25, 0.3) is 0 Å². The number of carbonyl (C=O) groups excluding carboxylic acids is 1. The lowest BCUT2D eigenvalue weighted by Gasteiger charge is -2.22. The summed E-state index contributed by atoms with van der Waals surface area (Å²) in [5.41, 5.74) is -0.348. The molecule has 0 aliphatic carbocycles. The first-order valence-electron chi connectivity index (χ1n) is 11.0. The third-order valence-electron chi connectivity index (χ3n) is 5.53. The Labute approximate surface area is 205 Å². The van der Waals surface area contributed by atoms with Crippen LogP contribution in [0, 0.1) is 6.92 Å². The molecule has 1 heterocycles. The number of Topliss-reactive ketones (excluding diaryl/α,β-unsaturated/α-hetero) is 1. The number of aromatic nitrogens is 1. The van der Waals surface area contributed by atoms with Crippen molar-refractivity contribution in [2.75, 3.05) is 0 Å². The molecule has 186 valence electrons. The number of hydrogen-bond acceptors (Lipinski definition) is 5. The number of ketones is 1. The van der Waals surface area contributed by atoms with Gasteiger partial charge in [-0.25, -0.2) is 9.78 Å². The van der Waals surface area contributed by atoms with Gasteiger partial charge in [0.05, 0.1) is 11.3 Å². The Kier molecular flexibility index (Phi) is 7.69. The van der Waals surface area contributed by atoms with Crippen molar-refractivity contribution in [2.45, 2.75) is 58.7 Å². The Balaban J connectivity index is 1.77. The smallest absolute Gasteiger partial charge is 0.417 e. The van der Waals surface area contributed by atoms with Gasteiger partial charge in [0.1, 0.15) is 10.8 Å². The van der Waals surface area contributed by atoms with E-state index in [0.717, 1.165) is 10.9 Å². The first kappa shape index (κ1) is 26.4. The zero-order chi connectivity index (χ0) is 26.0. The predicted octanol–water partition coefficient (Wildman–Crippen LogP) is 6.76. The summed E-state index contributed by atoms with van der Waals surface area (Å²) in [6.07, 6.45) is -3.43. The molecule has 0 aliphatic heterocycles. The van der Waals surface area contributed by atoms with Crippen LogP contribution >= 0.6 is 11.3 Å². The van der Waals surface area contributed by atoms with Crippen LogP contribution in [0.1, 0.15) is 59.2 Å². The van der Waals surface area contributed by atoms with Gasteiger partial charge in [-0.3, -0.25) is 4.79 Å². The normalized spacial score (nSPS) is 12.0. The second-order valence-electron chi connectivity index (χ2n) is 8.61. The number of carboxylic acid groups (broad SMARTS) is 1.